The van der Waals surface area contributed by atoms with Crippen LogP contribution in [0.4, 0.5) is 0 Å². The fourth-order valence-electron chi connectivity index (χ4n) is 2.70. The van der Waals surface area contributed by atoms with Crippen LogP contribution in [0.5, 0.6) is 0 Å². The van der Waals surface area contributed by atoms with Gasteiger partial charge >= 0.3 is 0 Å². The van der Waals surface area contributed by atoms with Gasteiger partial charge in [-0.3, -0.25) is 0 Å². The number of hydrogen-bond donors (Lipinski definition) is 0. The molecule has 0 spiro atoms. The zero-order valence-corrected chi connectivity index (χ0v) is 18.7. The molecule has 0 bridgehead atoms. The summed E-state index contributed by atoms with van der Waals surface area (Å²) in [7, 11) is 0. The molecule has 0 radical (unpaired) electrons. The fourth-order valence-corrected chi connectivity index (χ4v) is 3.20. The third-order valence-corrected chi connectivity index (χ3v) is 4.97. The summed E-state index contributed by atoms with van der Waals surface area (Å²) in [5, 5.41) is 0. The number of alkyl halides is 6. The summed E-state index contributed by atoms with van der Waals surface area (Å²) in [5.74, 6) is -0.105. The van der Waals surface area contributed by atoms with Crippen molar-refractivity contribution in [1.82, 2.24) is 15.0 Å². The second-order valence-electron chi connectivity index (χ2n) is 5.99. The zero-order chi connectivity index (χ0) is 20.4. The van der Waals surface area contributed by atoms with E-state index in [1.54, 1.807) is 0 Å². The second kappa shape index (κ2) is 8.91. The van der Waals surface area contributed by atoms with E-state index < -0.39 is 7.59 Å². The molecule has 146 valence electrons. The maximum Gasteiger partial charge on any atom is 0.250 e. The zero-order valence-electron chi connectivity index (χ0n) is 14.2. The number of rotatable bonds is 4. The topological polar surface area (TPSA) is 38.7 Å². The predicted octanol–water partition coefficient (Wildman–Crippen LogP) is 6.90. The maximum atomic E-state index is 6.01. The minimum absolute atomic E-state index is 0.0992. The highest BCUT2D eigenvalue weighted by Gasteiger charge is 2.35. The van der Waals surface area contributed by atoms with Crippen molar-refractivity contribution in [2.24, 2.45) is 0 Å². The van der Waals surface area contributed by atoms with Crippen molar-refractivity contribution in [1.29, 1.82) is 0 Å². The smallest absolute Gasteiger partial charge is 0.213 e. The molecule has 3 aromatic rings. The molecule has 0 saturated carbocycles. The van der Waals surface area contributed by atoms with E-state index in [1.807, 2.05) is 60.7 Å². The average Bonchev–Trinajstić information content (AvgIpc) is 2.66. The number of halogens is 6. The molecule has 1 unspecified atom stereocenters. The molecule has 3 rings (SSSR count). The van der Waals surface area contributed by atoms with Crippen LogP contribution in [0.15, 0.2) is 60.7 Å². The normalized spacial score (nSPS) is 13.4. The van der Waals surface area contributed by atoms with Crippen LogP contribution in [-0.2, 0) is 14.0 Å². The average molecular weight is 496 g/mol. The first-order valence-electron chi connectivity index (χ1n) is 8.14. The van der Waals surface area contributed by atoms with Gasteiger partial charge in [-0.15, -0.1) is 0 Å². The summed E-state index contributed by atoms with van der Waals surface area (Å²) in [6, 6.07) is 19.6. The lowest BCUT2D eigenvalue weighted by Gasteiger charge is -2.21. The molecule has 1 atom stereocenters. The Morgan fingerprint density at radius 1 is 0.643 bits per heavy atom. The van der Waals surface area contributed by atoms with E-state index in [0.717, 1.165) is 11.1 Å². The molecule has 1 aromatic heterocycles. The van der Waals surface area contributed by atoms with Crippen LogP contribution in [0, 0.1) is 0 Å². The van der Waals surface area contributed by atoms with Gasteiger partial charge in [0, 0.05) is 5.92 Å². The molecule has 9 heteroatoms. The van der Waals surface area contributed by atoms with Crippen molar-refractivity contribution in [2.45, 2.75) is 19.9 Å². The van der Waals surface area contributed by atoms with Crippen LogP contribution in [0.2, 0.25) is 0 Å². The van der Waals surface area contributed by atoms with Gasteiger partial charge in [0.05, 0.1) is 0 Å². The third kappa shape index (κ3) is 5.63. The summed E-state index contributed by atoms with van der Waals surface area (Å²) in [6.07, 6.45) is 0.605. The largest absolute Gasteiger partial charge is 0.250 e. The van der Waals surface area contributed by atoms with Crippen LogP contribution in [0.25, 0.3) is 0 Å². The van der Waals surface area contributed by atoms with Crippen molar-refractivity contribution in [3.8, 4) is 0 Å². The lowest BCUT2D eigenvalue weighted by molar-refractivity contribution is 0.691. The summed E-state index contributed by atoms with van der Waals surface area (Å²) < 4.78 is -3.79. The molecule has 3 nitrogen and oxygen atoms in total. The minimum atomic E-state index is -1.89. The first-order chi connectivity index (χ1) is 13.1. The Labute approximate surface area is 192 Å². The summed E-state index contributed by atoms with van der Waals surface area (Å²) in [4.78, 5) is 12.8. The van der Waals surface area contributed by atoms with Crippen molar-refractivity contribution in [2.75, 3.05) is 0 Å². The van der Waals surface area contributed by atoms with Crippen molar-refractivity contribution < 1.29 is 0 Å². The van der Waals surface area contributed by atoms with Crippen LogP contribution in [-0.4, -0.2) is 15.0 Å². The Morgan fingerprint density at radius 3 is 1.57 bits per heavy atom. The van der Waals surface area contributed by atoms with Gasteiger partial charge in [-0.1, -0.05) is 130 Å². The highest BCUT2D eigenvalue weighted by atomic mass is 35.6. The van der Waals surface area contributed by atoms with Crippen molar-refractivity contribution in [3.63, 3.8) is 0 Å². The van der Waals surface area contributed by atoms with E-state index in [-0.39, 0.29) is 17.6 Å². The van der Waals surface area contributed by atoms with Crippen LogP contribution >= 0.6 is 69.6 Å². The first-order valence-corrected chi connectivity index (χ1v) is 10.4. The summed E-state index contributed by atoms with van der Waals surface area (Å²) >= 11 is 36.1. The first kappa shape index (κ1) is 21.9. The van der Waals surface area contributed by atoms with Gasteiger partial charge in [-0.25, -0.2) is 15.0 Å². The molecule has 28 heavy (non-hydrogen) atoms. The quantitative estimate of drug-likeness (QED) is 0.369. The number of benzene rings is 2. The molecule has 0 aliphatic rings. The highest BCUT2D eigenvalue weighted by Crippen LogP contribution is 2.41. The molecule has 0 fully saturated rings. The molecule has 0 amide bonds. The second-order valence-corrected chi connectivity index (χ2v) is 10.6. The standard InChI is InChI=1S/C19H13Cl6N3/c20-18(21,22)16-26-15(27-17(28-16)19(23,24)25)14(13-9-5-2-6-10-13)11-12-7-3-1-4-8-12/h1-10,14H,11H2. The monoisotopic (exact) mass is 493 g/mol. The Morgan fingerprint density at radius 2 is 1.11 bits per heavy atom. The lowest BCUT2D eigenvalue weighted by atomic mass is 9.91. The Bertz CT molecular complexity index is 892. The van der Waals surface area contributed by atoms with Crippen molar-refractivity contribution >= 4 is 69.6 Å². The fraction of sp³-hybridized carbons (Fsp3) is 0.211. The van der Waals surface area contributed by atoms with Crippen molar-refractivity contribution in [3.05, 3.63) is 89.3 Å². The summed E-state index contributed by atoms with van der Waals surface area (Å²) in [5.41, 5.74) is 2.06. The third-order valence-electron chi connectivity index (χ3n) is 3.96. The van der Waals surface area contributed by atoms with E-state index in [9.17, 15) is 0 Å². The maximum absolute atomic E-state index is 6.01. The molecule has 0 N–H and O–H groups in total. The van der Waals surface area contributed by atoms with E-state index in [0.29, 0.717) is 12.2 Å². The molecule has 0 aliphatic carbocycles. The molecule has 0 saturated heterocycles. The number of nitrogens with zero attached hydrogens (tertiary/aromatic N) is 3. The van der Waals surface area contributed by atoms with E-state index in [1.165, 1.54) is 0 Å². The molecule has 1 heterocycles. The Hall–Kier alpha value is -0.810. The number of aromatic nitrogens is 3. The van der Waals surface area contributed by atoms with Crippen LogP contribution < -0.4 is 0 Å². The summed E-state index contributed by atoms with van der Waals surface area (Å²) in [6.45, 7) is 0. The predicted molar refractivity (Wildman–Crippen MR) is 117 cm³/mol. The van der Waals surface area contributed by atoms with E-state index in [4.69, 9.17) is 69.6 Å². The van der Waals surface area contributed by atoms with Gasteiger partial charge in [0.25, 0.3) is 0 Å². The Kier molecular flexibility index (Phi) is 6.96. The van der Waals surface area contributed by atoms with Gasteiger partial charge in [-0.05, 0) is 17.5 Å². The van der Waals surface area contributed by atoms with Gasteiger partial charge in [0.15, 0.2) is 11.6 Å². The van der Waals surface area contributed by atoms with Crippen LogP contribution in [0.1, 0.15) is 34.5 Å². The minimum Gasteiger partial charge on any atom is -0.213 e. The van der Waals surface area contributed by atoms with Gasteiger partial charge in [-0.2, -0.15) is 0 Å². The van der Waals surface area contributed by atoms with Gasteiger partial charge < -0.3 is 0 Å². The van der Waals surface area contributed by atoms with Crippen LogP contribution in [0.3, 0.4) is 0 Å². The highest BCUT2D eigenvalue weighted by molar-refractivity contribution is 6.67. The molecule has 0 aliphatic heterocycles. The number of hydrogen-bond acceptors (Lipinski definition) is 3. The Balaban J connectivity index is 2.16. The van der Waals surface area contributed by atoms with Gasteiger partial charge in [0.2, 0.25) is 7.59 Å². The molecular weight excluding hydrogens is 483 g/mol. The lowest BCUT2D eigenvalue weighted by Crippen LogP contribution is -2.21. The van der Waals surface area contributed by atoms with E-state index >= 15 is 0 Å². The van der Waals surface area contributed by atoms with E-state index in [2.05, 4.69) is 15.0 Å². The van der Waals surface area contributed by atoms with Gasteiger partial charge in [0.1, 0.15) is 5.82 Å². The molecular formula is C19H13Cl6N3. The molecule has 2 aromatic carbocycles. The SMILES string of the molecule is ClC(Cl)(Cl)c1nc(C(Cc2ccccc2)c2ccccc2)nc(C(Cl)(Cl)Cl)n1.